The summed E-state index contributed by atoms with van der Waals surface area (Å²) in [4.78, 5) is 41.3. The van der Waals surface area contributed by atoms with Crippen molar-refractivity contribution in [2.24, 2.45) is 11.1 Å². The third-order valence-corrected chi connectivity index (χ3v) is 10.6. The van der Waals surface area contributed by atoms with Crippen LogP contribution in [0.2, 0.25) is 0 Å². The standard InChI is InChI=1S/C40H45N5O7S/c1-28(2)25-45(53(50,51)33-19-17-30(18-20-33)23-42-49)26-38(46)36(21-29-11-5-3-6-12-29)43-39(47)37(22-32-24-41-35-16-10-9-15-34(32)35)44-40(48)52-27-31-13-7-4-8-14-31/h3-20,24,28,36-38,41,46H,21-23,25-27H2,1-2H3,(H,43,47)(H,44,48)/t36?,37-,38+/m0/s1. The smallest absolute Gasteiger partial charge is 0.408 e. The van der Waals surface area contributed by atoms with Crippen molar-refractivity contribution in [3.63, 3.8) is 0 Å². The maximum Gasteiger partial charge on any atom is 0.408 e. The Labute approximate surface area is 309 Å². The minimum Gasteiger partial charge on any atom is -0.445 e. The van der Waals surface area contributed by atoms with Gasteiger partial charge < -0.3 is 25.5 Å². The van der Waals surface area contributed by atoms with Gasteiger partial charge in [0.25, 0.3) is 0 Å². The highest BCUT2D eigenvalue weighted by atomic mass is 32.2. The molecule has 5 rings (SSSR count). The van der Waals surface area contributed by atoms with Crippen molar-refractivity contribution in [2.45, 2.75) is 62.9 Å². The van der Waals surface area contributed by atoms with Crippen molar-refractivity contribution in [3.8, 4) is 0 Å². The topological polar surface area (TPSA) is 170 Å². The lowest BCUT2D eigenvalue weighted by Crippen LogP contribution is -2.56. The number of nitroso groups, excluding NO2 is 1. The van der Waals surface area contributed by atoms with E-state index in [2.05, 4.69) is 20.8 Å². The first-order valence-electron chi connectivity index (χ1n) is 17.5. The number of aromatic nitrogens is 1. The molecule has 5 aromatic rings. The van der Waals surface area contributed by atoms with E-state index in [-0.39, 0.29) is 49.9 Å². The van der Waals surface area contributed by atoms with E-state index in [4.69, 9.17) is 4.74 Å². The maximum atomic E-state index is 14.2. The lowest BCUT2D eigenvalue weighted by Gasteiger charge is -2.31. The molecular formula is C40H45N5O7S. The number of ether oxygens (including phenoxy) is 1. The number of aliphatic hydroxyl groups is 1. The van der Waals surface area contributed by atoms with Crippen LogP contribution in [0.5, 0.6) is 0 Å². The molecule has 0 radical (unpaired) electrons. The summed E-state index contributed by atoms with van der Waals surface area (Å²) in [6.07, 6.45) is -0.0827. The van der Waals surface area contributed by atoms with Crippen LogP contribution < -0.4 is 10.6 Å². The molecule has 0 aliphatic carbocycles. The predicted octanol–water partition coefficient (Wildman–Crippen LogP) is 5.71. The van der Waals surface area contributed by atoms with Gasteiger partial charge in [-0.05, 0) is 52.8 Å². The summed E-state index contributed by atoms with van der Waals surface area (Å²) >= 11 is 0. The highest BCUT2D eigenvalue weighted by Crippen LogP contribution is 2.22. The van der Waals surface area contributed by atoms with E-state index in [9.17, 15) is 28.0 Å². The number of carbonyl (C=O) groups is 2. The predicted molar refractivity (Wildman–Crippen MR) is 203 cm³/mol. The summed E-state index contributed by atoms with van der Waals surface area (Å²) in [6.45, 7) is 3.43. The van der Waals surface area contributed by atoms with Crippen molar-refractivity contribution in [3.05, 3.63) is 143 Å². The second-order valence-electron chi connectivity index (χ2n) is 13.3. The van der Waals surface area contributed by atoms with Crippen LogP contribution in [0.25, 0.3) is 10.9 Å². The molecule has 0 bridgehead atoms. The van der Waals surface area contributed by atoms with Crippen LogP contribution in [0, 0.1) is 10.8 Å². The van der Waals surface area contributed by atoms with Gasteiger partial charge in [0.2, 0.25) is 15.9 Å². The van der Waals surface area contributed by atoms with Gasteiger partial charge in [-0.3, -0.25) is 4.79 Å². The largest absolute Gasteiger partial charge is 0.445 e. The van der Waals surface area contributed by atoms with Gasteiger partial charge in [-0.2, -0.15) is 9.21 Å². The molecular weight excluding hydrogens is 695 g/mol. The minimum absolute atomic E-state index is 0.000304. The number of alkyl carbamates (subject to hydrolysis) is 1. The molecule has 0 spiro atoms. The van der Waals surface area contributed by atoms with Gasteiger partial charge >= 0.3 is 6.09 Å². The maximum absolute atomic E-state index is 14.2. The second-order valence-corrected chi connectivity index (χ2v) is 15.3. The lowest BCUT2D eigenvalue weighted by atomic mass is 9.99. The van der Waals surface area contributed by atoms with E-state index in [1.54, 1.807) is 6.20 Å². The SMILES string of the molecule is CC(C)CN(C[C@@H](O)C(Cc1ccccc1)NC(=O)[C@H](Cc1c[nH]c2ccccc12)NC(=O)OCc1ccccc1)S(=O)(=O)c1ccc(CN=O)cc1. The molecule has 1 aromatic heterocycles. The number of rotatable bonds is 18. The molecule has 53 heavy (non-hydrogen) atoms. The van der Waals surface area contributed by atoms with Crippen LogP contribution >= 0.6 is 0 Å². The fraction of sp³-hybridized carbons (Fsp3) is 0.300. The van der Waals surface area contributed by atoms with Gasteiger partial charge in [0, 0.05) is 36.6 Å². The van der Waals surface area contributed by atoms with Crippen molar-refractivity contribution in [1.82, 2.24) is 19.9 Å². The van der Waals surface area contributed by atoms with E-state index in [0.717, 1.165) is 27.6 Å². The molecule has 0 saturated carbocycles. The van der Waals surface area contributed by atoms with E-state index in [1.165, 1.54) is 28.6 Å². The highest BCUT2D eigenvalue weighted by Gasteiger charge is 2.33. The average Bonchev–Trinajstić information content (AvgIpc) is 3.56. The summed E-state index contributed by atoms with van der Waals surface area (Å²) in [5.41, 5.74) is 3.81. The van der Waals surface area contributed by atoms with Gasteiger partial charge in [-0.25, -0.2) is 13.2 Å². The Morgan fingerprint density at radius 3 is 2.11 bits per heavy atom. The lowest BCUT2D eigenvalue weighted by molar-refractivity contribution is -0.124. The van der Waals surface area contributed by atoms with Gasteiger partial charge in [-0.15, -0.1) is 0 Å². The van der Waals surface area contributed by atoms with Crippen LogP contribution in [0.1, 0.15) is 36.1 Å². The van der Waals surface area contributed by atoms with Gasteiger partial charge in [0.1, 0.15) is 19.2 Å². The summed E-state index contributed by atoms with van der Waals surface area (Å²) in [7, 11) is -4.10. The number of hydrogen-bond acceptors (Lipinski definition) is 8. The molecule has 0 saturated heterocycles. The van der Waals surface area contributed by atoms with Gasteiger partial charge in [0.05, 0.1) is 17.0 Å². The monoisotopic (exact) mass is 739 g/mol. The Balaban J connectivity index is 1.40. The molecule has 1 unspecified atom stereocenters. The first-order chi connectivity index (χ1) is 25.5. The first kappa shape index (κ1) is 38.9. The highest BCUT2D eigenvalue weighted by molar-refractivity contribution is 7.89. The zero-order valence-corrected chi connectivity index (χ0v) is 30.5. The quantitative estimate of drug-likeness (QED) is 0.0835. The number of sulfonamides is 1. The zero-order chi connectivity index (χ0) is 37.8. The van der Waals surface area contributed by atoms with Crippen LogP contribution in [0.15, 0.2) is 125 Å². The van der Waals surface area contributed by atoms with E-state index in [1.807, 2.05) is 98.8 Å². The average molecular weight is 740 g/mol. The Morgan fingerprint density at radius 2 is 1.45 bits per heavy atom. The molecule has 13 heteroatoms. The van der Waals surface area contributed by atoms with Crippen molar-refractivity contribution in [2.75, 3.05) is 13.1 Å². The van der Waals surface area contributed by atoms with Crippen LogP contribution in [-0.2, 0) is 45.5 Å². The summed E-state index contributed by atoms with van der Waals surface area (Å²) in [5, 5.41) is 21.2. The molecule has 3 atom stereocenters. The van der Waals surface area contributed by atoms with E-state index in [0.29, 0.717) is 5.56 Å². The Kier molecular flexibility index (Phi) is 13.5. The molecule has 0 aliphatic rings. The zero-order valence-electron chi connectivity index (χ0n) is 29.7. The summed E-state index contributed by atoms with van der Waals surface area (Å²) in [5.74, 6) is -0.672. The van der Waals surface area contributed by atoms with Crippen molar-refractivity contribution < 1.29 is 27.9 Å². The number of fused-ring (bicyclic) bond motifs is 1. The van der Waals surface area contributed by atoms with Crippen molar-refractivity contribution >= 4 is 32.9 Å². The second kappa shape index (κ2) is 18.4. The molecule has 278 valence electrons. The van der Waals surface area contributed by atoms with Gasteiger partial charge in [0.15, 0.2) is 0 Å². The number of nitrogens with zero attached hydrogens (tertiary/aromatic N) is 2. The minimum atomic E-state index is -4.10. The Bertz CT molecular complexity index is 2060. The third-order valence-electron chi connectivity index (χ3n) is 8.78. The number of H-pyrrole nitrogens is 1. The van der Waals surface area contributed by atoms with Gasteiger partial charge in [-0.1, -0.05) is 110 Å². The molecule has 1 heterocycles. The van der Waals surface area contributed by atoms with Crippen LogP contribution in [0.4, 0.5) is 4.79 Å². The number of para-hydroxylation sites is 1. The fourth-order valence-corrected chi connectivity index (χ4v) is 7.70. The van der Waals surface area contributed by atoms with E-state index < -0.39 is 40.2 Å². The number of aliphatic hydroxyl groups excluding tert-OH is 1. The number of aromatic amines is 1. The number of hydrogen-bond donors (Lipinski definition) is 4. The molecule has 4 N–H and O–H groups in total. The summed E-state index contributed by atoms with van der Waals surface area (Å²) < 4.78 is 34.5. The van der Waals surface area contributed by atoms with Crippen LogP contribution in [-0.4, -0.2) is 66.1 Å². The fourth-order valence-electron chi connectivity index (χ4n) is 6.08. The normalized spacial score (nSPS) is 13.4. The third kappa shape index (κ3) is 10.8. The first-order valence-corrected chi connectivity index (χ1v) is 18.9. The molecule has 4 aromatic carbocycles. The number of amides is 2. The molecule has 12 nitrogen and oxygen atoms in total. The van der Waals surface area contributed by atoms with Crippen molar-refractivity contribution in [1.29, 1.82) is 0 Å². The molecule has 0 fully saturated rings. The van der Waals surface area contributed by atoms with Crippen LogP contribution in [0.3, 0.4) is 0 Å². The Hall–Kier alpha value is -5.37. The number of carbonyl (C=O) groups excluding carboxylic acids is 2. The molecule has 2 amide bonds. The number of nitrogens with one attached hydrogen (secondary N) is 3. The summed E-state index contributed by atoms with van der Waals surface area (Å²) in [6, 6.07) is 29.8. The number of benzene rings is 4. The molecule has 0 aliphatic heterocycles. The van der Waals surface area contributed by atoms with E-state index >= 15 is 0 Å². The Morgan fingerprint density at radius 1 is 0.811 bits per heavy atom.